The summed E-state index contributed by atoms with van der Waals surface area (Å²) in [5.74, 6) is 0.909. The van der Waals surface area contributed by atoms with Gasteiger partial charge in [-0.3, -0.25) is 0 Å². The highest BCUT2D eigenvalue weighted by Gasteiger charge is 2.09. The Kier molecular flexibility index (Phi) is 5.72. The predicted molar refractivity (Wildman–Crippen MR) is 69.8 cm³/mol. The van der Waals surface area contributed by atoms with E-state index in [4.69, 9.17) is 9.15 Å². The largest absolute Gasteiger partial charge is 0.467 e. The minimum absolute atomic E-state index is 0.333. The molecule has 98 valence electrons. The Labute approximate surface area is 105 Å². The molecule has 0 aliphatic rings. The average molecular weight is 239 g/mol. The minimum Gasteiger partial charge on any atom is -0.467 e. The zero-order chi connectivity index (χ0) is 12.7. The average Bonchev–Trinajstić information content (AvgIpc) is 2.68. The van der Waals surface area contributed by atoms with Gasteiger partial charge in [-0.05, 0) is 24.4 Å². The van der Waals surface area contributed by atoms with Crippen LogP contribution in [0.5, 0.6) is 0 Å². The summed E-state index contributed by atoms with van der Waals surface area (Å²) in [7, 11) is 0. The Hall–Kier alpha value is -0.800. The summed E-state index contributed by atoms with van der Waals surface area (Å²) in [6.07, 6.45) is 2.86. The summed E-state index contributed by atoms with van der Waals surface area (Å²) >= 11 is 0. The van der Waals surface area contributed by atoms with Crippen molar-refractivity contribution in [2.75, 3.05) is 13.2 Å². The van der Waals surface area contributed by atoms with Crippen molar-refractivity contribution in [2.45, 2.75) is 47.3 Å². The number of hydrogen-bond donors (Lipinski definition) is 1. The highest BCUT2D eigenvalue weighted by Crippen LogP contribution is 2.18. The van der Waals surface area contributed by atoms with E-state index in [1.807, 2.05) is 0 Å². The molecule has 0 bridgehead atoms. The van der Waals surface area contributed by atoms with E-state index in [-0.39, 0.29) is 0 Å². The molecule has 0 radical (unpaired) electrons. The van der Waals surface area contributed by atoms with Crippen LogP contribution in [0.1, 0.15) is 45.4 Å². The summed E-state index contributed by atoms with van der Waals surface area (Å²) in [4.78, 5) is 0. The second kappa shape index (κ2) is 6.82. The van der Waals surface area contributed by atoms with Crippen molar-refractivity contribution in [3.8, 4) is 0 Å². The van der Waals surface area contributed by atoms with Crippen LogP contribution >= 0.6 is 0 Å². The van der Waals surface area contributed by atoms with Crippen LogP contribution in [0.15, 0.2) is 16.7 Å². The SMILES string of the molecule is CCNCc1coc(COCCC(C)(C)C)c1. The van der Waals surface area contributed by atoms with Gasteiger partial charge >= 0.3 is 0 Å². The first-order chi connectivity index (χ1) is 8.01. The lowest BCUT2D eigenvalue weighted by Crippen LogP contribution is -2.10. The summed E-state index contributed by atoms with van der Waals surface area (Å²) < 4.78 is 11.0. The smallest absolute Gasteiger partial charge is 0.129 e. The van der Waals surface area contributed by atoms with Crippen molar-refractivity contribution in [1.29, 1.82) is 0 Å². The van der Waals surface area contributed by atoms with Crippen LogP contribution in [0.3, 0.4) is 0 Å². The Bertz CT molecular complexity index is 312. The van der Waals surface area contributed by atoms with E-state index in [0.717, 1.165) is 31.9 Å². The first-order valence-electron chi connectivity index (χ1n) is 6.36. The van der Waals surface area contributed by atoms with E-state index >= 15 is 0 Å². The highest BCUT2D eigenvalue weighted by molar-refractivity contribution is 5.11. The molecule has 0 saturated carbocycles. The first-order valence-corrected chi connectivity index (χ1v) is 6.36. The van der Waals surface area contributed by atoms with Crippen molar-refractivity contribution >= 4 is 0 Å². The monoisotopic (exact) mass is 239 g/mol. The van der Waals surface area contributed by atoms with Crippen LogP contribution < -0.4 is 5.32 Å². The zero-order valence-electron chi connectivity index (χ0n) is 11.5. The van der Waals surface area contributed by atoms with Gasteiger partial charge in [-0.2, -0.15) is 0 Å². The van der Waals surface area contributed by atoms with Gasteiger partial charge in [-0.15, -0.1) is 0 Å². The second-order valence-corrected chi connectivity index (χ2v) is 5.56. The van der Waals surface area contributed by atoms with Gasteiger partial charge in [0.15, 0.2) is 0 Å². The molecule has 1 heterocycles. The first kappa shape index (κ1) is 14.3. The normalized spacial score (nSPS) is 12.0. The Morgan fingerprint density at radius 2 is 2.12 bits per heavy atom. The van der Waals surface area contributed by atoms with E-state index in [1.54, 1.807) is 6.26 Å². The molecule has 3 nitrogen and oxygen atoms in total. The van der Waals surface area contributed by atoms with Crippen molar-refractivity contribution in [3.63, 3.8) is 0 Å². The Balaban J connectivity index is 2.21. The van der Waals surface area contributed by atoms with Gasteiger partial charge in [0, 0.05) is 18.7 Å². The number of nitrogens with one attached hydrogen (secondary N) is 1. The zero-order valence-corrected chi connectivity index (χ0v) is 11.5. The highest BCUT2D eigenvalue weighted by atomic mass is 16.5. The van der Waals surface area contributed by atoms with Crippen LogP contribution in [0, 0.1) is 5.41 Å². The molecule has 0 aliphatic carbocycles. The third-order valence-electron chi connectivity index (χ3n) is 2.53. The van der Waals surface area contributed by atoms with Crippen LogP contribution in [0.2, 0.25) is 0 Å². The van der Waals surface area contributed by atoms with Gasteiger partial charge in [0.05, 0.1) is 6.26 Å². The van der Waals surface area contributed by atoms with Crippen LogP contribution in [-0.2, 0) is 17.9 Å². The van der Waals surface area contributed by atoms with Crippen LogP contribution in [0.25, 0.3) is 0 Å². The van der Waals surface area contributed by atoms with Crippen molar-refractivity contribution in [1.82, 2.24) is 5.32 Å². The molecule has 17 heavy (non-hydrogen) atoms. The number of rotatable bonds is 7. The maximum atomic E-state index is 5.60. The van der Waals surface area contributed by atoms with Crippen molar-refractivity contribution in [3.05, 3.63) is 23.7 Å². The van der Waals surface area contributed by atoms with Gasteiger partial charge in [-0.1, -0.05) is 27.7 Å². The fourth-order valence-electron chi connectivity index (χ4n) is 1.42. The molecule has 0 aliphatic heterocycles. The van der Waals surface area contributed by atoms with Gasteiger partial charge in [-0.25, -0.2) is 0 Å². The molecule has 1 rings (SSSR count). The summed E-state index contributed by atoms with van der Waals surface area (Å²) in [5, 5.41) is 3.26. The molecular formula is C14H25NO2. The summed E-state index contributed by atoms with van der Waals surface area (Å²) in [5.41, 5.74) is 1.51. The lowest BCUT2D eigenvalue weighted by Gasteiger charge is -2.17. The molecule has 0 spiro atoms. The van der Waals surface area contributed by atoms with Gasteiger partial charge in [0.1, 0.15) is 12.4 Å². The van der Waals surface area contributed by atoms with Crippen LogP contribution in [-0.4, -0.2) is 13.2 Å². The third-order valence-corrected chi connectivity index (χ3v) is 2.53. The number of ether oxygens (including phenoxy) is 1. The van der Waals surface area contributed by atoms with E-state index in [9.17, 15) is 0 Å². The molecule has 0 fully saturated rings. The minimum atomic E-state index is 0.333. The second-order valence-electron chi connectivity index (χ2n) is 5.56. The number of hydrogen-bond acceptors (Lipinski definition) is 3. The standard InChI is InChI=1S/C14H25NO2/c1-5-15-9-12-8-13(17-10-12)11-16-7-6-14(2,3)4/h8,10,15H,5-7,9,11H2,1-4H3. The fraction of sp³-hybridized carbons (Fsp3) is 0.714. The molecule has 0 saturated heterocycles. The summed E-state index contributed by atoms with van der Waals surface area (Å²) in [6.45, 7) is 11.9. The quantitative estimate of drug-likeness (QED) is 0.741. The van der Waals surface area contributed by atoms with E-state index in [2.05, 4.69) is 39.1 Å². The topological polar surface area (TPSA) is 34.4 Å². The lowest BCUT2D eigenvalue weighted by molar-refractivity contribution is 0.0844. The predicted octanol–water partition coefficient (Wildman–Crippen LogP) is 3.34. The van der Waals surface area contributed by atoms with E-state index in [1.165, 1.54) is 5.56 Å². The maximum Gasteiger partial charge on any atom is 0.129 e. The molecule has 1 aromatic rings. The summed E-state index contributed by atoms with van der Waals surface area (Å²) in [6, 6.07) is 2.06. The third kappa shape index (κ3) is 6.49. The van der Waals surface area contributed by atoms with Gasteiger partial charge in [0.25, 0.3) is 0 Å². The number of furan rings is 1. The molecular weight excluding hydrogens is 214 g/mol. The Morgan fingerprint density at radius 1 is 1.35 bits per heavy atom. The lowest BCUT2D eigenvalue weighted by atomic mass is 9.93. The van der Waals surface area contributed by atoms with Crippen molar-refractivity contribution < 1.29 is 9.15 Å². The Morgan fingerprint density at radius 3 is 2.76 bits per heavy atom. The molecule has 0 amide bonds. The maximum absolute atomic E-state index is 5.60. The van der Waals surface area contributed by atoms with E-state index in [0.29, 0.717) is 12.0 Å². The molecule has 1 N–H and O–H groups in total. The van der Waals surface area contributed by atoms with E-state index < -0.39 is 0 Å². The fourth-order valence-corrected chi connectivity index (χ4v) is 1.42. The van der Waals surface area contributed by atoms with Crippen molar-refractivity contribution in [2.24, 2.45) is 5.41 Å². The van der Waals surface area contributed by atoms with Crippen LogP contribution in [0.4, 0.5) is 0 Å². The molecule has 0 atom stereocenters. The van der Waals surface area contributed by atoms with Gasteiger partial charge < -0.3 is 14.5 Å². The van der Waals surface area contributed by atoms with Gasteiger partial charge in [0.2, 0.25) is 0 Å². The molecule has 0 aromatic carbocycles. The molecule has 1 aromatic heterocycles. The molecule has 0 unspecified atom stereocenters. The molecule has 3 heteroatoms.